The third-order valence-electron chi connectivity index (χ3n) is 3.35. The van der Waals surface area contributed by atoms with Crippen LogP contribution in [0.3, 0.4) is 0 Å². The molecule has 0 bridgehead atoms. The topological polar surface area (TPSA) is 71.1 Å². The van der Waals surface area contributed by atoms with Crippen LogP contribution in [0.15, 0.2) is 28.7 Å². The highest BCUT2D eigenvalue weighted by Crippen LogP contribution is 2.27. The lowest BCUT2D eigenvalue weighted by Crippen LogP contribution is -2.18. The number of hydrogen-bond acceptors (Lipinski definition) is 5. The van der Waals surface area contributed by atoms with Gasteiger partial charge in [-0.1, -0.05) is 12.1 Å². The molecule has 6 heteroatoms. The van der Waals surface area contributed by atoms with Gasteiger partial charge in [0.15, 0.2) is 0 Å². The molecule has 21 heavy (non-hydrogen) atoms. The summed E-state index contributed by atoms with van der Waals surface area (Å²) < 4.78 is 24.7. The van der Waals surface area contributed by atoms with E-state index in [2.05, 4.69) is 10.3 Å². The molecule has 0 spiro atoms. The van der Waals surface area contributed by atoms with E-state index in [9.17, 15) is 4.39 Å². The molecule has 1 N–H and O–H groups in total. The maximum atomic E-state index is 13.7. The van der Waals surface area contributed by atoms with E-state index in [1.54, 1.807) is 18.2 Å². The fourth-order valence-corrected chi connectivity index (χ4v) is 2.28. The van der Waals surface area contributed by atoms with Crippen molar-refractivity contribution in [2.45, 2.75) is 18.9 Å². The van der Waals surface area contributed by atoms with Gasteiger partial charge in [0.25, 0.3) is 0 Å². The van der Waals surface area contributed by atoms with E-state index >= 15 is 0 Å². The van der Waals surface area contributed by atoms with Crippen LogP contribution in [0.4, 0.5) is 10.3 Å². The molecule has 108 valence electrons. The predicted molar refractivity (Wildman–Crippen MR) is 74.1 cm³/mol. The molecule has 0 radical (unpaired) electrons. The summed E-state index contributed by atoms with van der Waals surface area (Å²) in [7, 11) is 0. The number of anilines is 1. The smallest absolute Gasteiger partial charge is 0.233 e. The van der Waals surface area contributed by atoms with Crippen molar-refractivity contribution in [3.63, 3.8) is 0 Å². The minimum atomic E-state index is -0.436. The lowest BCUT2D eigenvalue weighted by atomic mass is 10.2. The summed E-state index contributed by atoms with van der Waals surface area (Å²) in [6.07, 6.45) is 2.12. The zero-order valence-corrected chi connectivity index (χ0v) is 11.3. The summed E-state index contributed by atoms with van der Waals surface area (Å²) in [5, 5.41) is 12.1. The Morgan fingerprint density at radius 1 is 1.43 bits per heavy atom. The van der Waals surface area contributed by atoms with E-state index in [0.29, 0.717) is 6.54 Å². The predicted octanol–water partition coefficient (Wildman–Crippen LogP) is 2.94. The molecule has 1 fully saturated rings. The maximum absolute atomic E-state index is 13.7. The van der Waals surface area contributed by atoms with Crippen molar-refractivity contribution in [2.75, 3.05) is 18.5 Å². The number of hydrogen-bond donors (Lipinski definition) is 1. The molecule has 5 nitrogen and oxygen atoms in total. The average molecular weight is 287 g/mol. The van der Waals surface area contributed by atoms with E-state index in [4.69, 9.17) is 14.4 Å². The molecule has 1 atom stereocenters. The Morgan fingerprint density at radius 3 is 3.00 bits per heavy atom. The minimum absolute atomic E-state index is 0.0968. The van der Waals surface area contributed by atoms with Crippen molar-refractivity contribution in [2.24, 2.45) is 0 Å². The molecule has 3 rings (SSSR count). The lowest BCUT2D eigenvalue weighted by Gasteiger charge is -2.09. The highest BCUT2D eigenvalue weighted by molar-refractivity contribution is 5.59. The van der Waals surface area contributed by atoms with Crippen molar-refractivity contribution in [3.05, 3.63) is 35.8 Å². The molecule has 2 heterocycles. The van der Waals surface area contributed by atoms with Gasteiger partial charge < -0.3 is 14.5 Å². The van der Waals surface area contributed by atoms with Crippen molar-refractivity contribution >= 4 is 5.88 Å². The second-order valence-electron chi connectivity index (χ2n) is 4.80. The molecule has 0 aliphatic carbocycles. The monoisotopic (exact) mass is 287 g/mol. The Kier molecular flexibility index (Phi) is 3.84. The minimum Gasteiger partial charge on any atom is -0.419 e. The largest absolute Gasteiger partial charge is 0.419 e. The van der Waals surface area contributed by atoms with Crippen LogP contribution in [0, 0.1) is 17.1 Å². The van der Waals surface area contributed by atoms with E-state index in [0.717, 1.165) is 19.4 Å². The molecule has 2 aromatic rings. The first kappa shape index (κ1) is 13.6. The standard InChI is InChI=1S/C15H14FN3O2/c16-12-6-2-1-5-11(12)14-19-13(8-17)15(21-14)18-9-10-4-3-7-20-10/h1-2,5-6,10,18H,3-4,7,9H2/t10-/m0/s1. The van der Waals surface area contributed by atoms with E-state index in [-0.39, 0.29) is 29.1 Å². The Labute approximate surface area is 121 Å². The van der Waals surface area contributed by atoms with Crippen LogP contribution in [0.5, 0.6) is 0 Å². The van der Waals surface area contributed by atoms with Gasteiger partial charge in [-0.15, -0.1) is 0 Å². The SMILES string of the molecule is N#Cc1nc(-c2ccccc2F)oc1NC[C@@H]1CCCO1. The summed E-state index contributed by atoms with van der Waals surface area (Å²) in [6, 6.07) is 8.11. The van der Waals surface area contributed by atoms with E-state index in [1.165, 1.54) is 6.07 Å². The van der Waals surface area contributed by atoms with Crippen molar-refractivity contribution in [1.29, 1.82) is 5.26 Å². The van der Waals surface area contributed by atoms with Crippen LogP contribution in [0.25, 0.3) is 11.5 Å². The van der Waals surface area contributed by atoms with Crippen LogP contribution in [-0.4, -0.2) is 24.2 Å². The molecular weight excluding hydrogens is 273 g/mol. The second kappa shape index (κ2) is 5.94. The highest BCUT2D eigenvalue weighted by Gasteiger charge is 2.20. The quantitative estimate of drug-likeness (QED) is 0.936. The van der Waals surface area contributed by atoms with Gasteiger partial charge in [0.05, 0.1) is 11.7 Å². The van der Waals surface area contributed by atoms with Crippen LogP contribution in [-0.2, 0) is 4.74 Å². The zero-order chi connectivity index (χ0) is 14.7. The number of nitrogens with zero attached hydrogens (tertiary/aromatic N) is 2. The Morgan fingerprint density at radius 2 is 2.29 bits per heavy atom. The van der Waals surface area contributed by atoms with Gasteiger partial charge in [0, 0.05) is 13.2 Å². The number of nitrogens with one attached hydrogen (secondary N) is 1. The Bertz CT molecular complexity index is 672. The van der Waals surface area contributed by atoms with Crippen molar-refractivity contribution in [3.8, 4) is 17.5 Å². The van der Waals surface area contributed by atoms with Gasteiger partial charge in [-0.3, -0.25) is 0 Å². The number of halogens is 1. The molecule has 0 unspecified atom stereocenters. The fourth-order valence-electron chi connectivity index (χ4n) is 2.28. The maximum Gasteiger partial charge on any atom is 0.233 e. The highest BCUT2D eigenvalue weighted by atomic mass is 19.1. The molecule has 1 saturated heterocycles. The van der Waals surface area contributed by atoms with Gasteiger partial charge in [0.1, 0.15) is 11.9 Å². The normalized spacial score (nSPS) is 17.6. The third-order valence-corrected chi connectivity index (χ3v) is 3.35. The van der Waals surface area contributed by atoms with Gasteiger partial charge in [-0.2, -0.15) is 10.2 Å². The summed E-state index contributed by atoms with van der Waals surface area (Å²) >= 11 is 0. The second-order valence-corrected chi connectivity index (χ2v) is 4.80. The average Bonchev–Trinajstić information content (AvgIpc) is 3.14. The number of ether oxygens (including phenoxy) is 1. The van der Waals surface area contributed by atoms with Crippen LogP contribution < -0.4 is 5.32 Å². The van der Waals surface area contributed by atoms with E-state index in [1.807, 2.05) is 6.07 Å². The first-order valence-corrected chi connectivity index (χ1v) is 6.79. The summed E-state index contributed by atoms with van der Waals surface area (Å²) in [5.41, 5.74) is 0.352. The van der Waals surface area contributed by atoms with Gasteiger partial charge in [-0.05, 0) is 25.0 Å². The summed E-state index contributed by atoms with van der Waals surface area (Å²) in [4.78, 5) is 4.03. The molecule has 0 saturated carbocycles. The van der Waals surface area contributed by atoms with Crippen LogP contribution in [0.1, 0.15) is 18.5 Å². The summed E-state index contributed by atoms with van der Waals surface area (Å²) in [6.45, 7) is 1.30. The van der Waals surface area contributed by atoms with Crippen LogP contribution in [0.2, 0.25) is 0 Å². The Balaban J connectivity index is 1.81. The Hall–Kier alpha value is -2.39. The van der Waals surface area contributed by atoms with Crippen molar-refractivity contribution in [1.82, 2.24) is 4.98 Å². The first-order chi connectivity index (χ1) is 10.3. The lowest BCUT2D eigenvalue weighted by molar-refractivity contribution is 0.120. The van der Waals surface area contributed by atoms with Crippen molar-refractivity contribution < 1.29 is 13.5 Å². The molecule has 1 aromatic heterocycles. The zero-order valence-electron chi connectivity index (χ0n) is 11.3. The van der Waals surface area contributed by atoms with Gasteiger partial charge in [-0.25, -0.2) is 4.39 Å². The first-order valence-electron chi connectivity index (χ1n) is 6.79. The summed E-state index contributed by atoms with van der Waals surface area (Å²) in [5.74, 6) is -0.0836. The fraction of sp³-hybridized carbons (Fsp3) is 0.333. The number of oxazole rings is 1. The molecular formula is C15H14FN3O2. The molecule has 1 aliphatic rings. The number of nitriles is 1. The van der Waals surface area contributed by atoms with E-state index < -0.39 is 5.82 Å². The molecule has 1 aliphatic heterocycles. The molecule has 0 amide bonds. The molecule has 1 aromatic carbocycles. The number of aromatic nitrogens is 1. The third kappa shape index (κ3) is 2.88. The van der Waals surface area contributed by atoms with Gasteiger partial charge >= 0.3 is 0 Å². The van der Waals surface area contributed by atoms with Gasteiger partial charge in [0.2, 0.25) is 17.5 Å². The van der Waals surface area contributed by atoms with Crippen LogP contribution >= 0.6 is 0 Å². The number of rotatable bonds is 4. The number of benzene rings is 1.